The molecule has 3 heterocycles. The molecule has 0 aliphatic carbocycles. The minimum atomic E-state index is -4.60. The molecule has 1 aromatic carbocycles. The van der Waals surface area contributed by atoms with Gasteiger partial charge in [-0.25, -0.2) is 14.8 Å². The summed E-state index contributed by atoms with van der Waals surface area (Å²) in [4.78, 5) is 34.2. The van der Waals surface area contributed by atoms with E-state index in [0.29, 0.717) is 25.1 Å². The SMILES string of the molecule is Cc1ccc(C2=NN(C(=O)N[C@H](C)c3cnc(C(F)(F)F)cn3)CC2N2CCOCC2=O)cc1. The highest BCUT2D eigenvalue weighted by Gasteiger charge is 2.39. The number of benzene rings is 1. The van der Waals surface area contributed by atoms with Gasteiger partial charge in [-0.15, -0.1) is 0 Å². The van der Waals surface area contributed by atoms with Crippen molar-refractivity contribution < 1.29 is 27.5 Å². The largest absolute Gasteiger partial charge is 0.434 e. The summed E-state index contributed by atoms with van der Waals surface area (Å²) in [6, 6.07) is 5.87. The highest BCUT2D eigenvalue weighted by atomic mass is 19.4. The molecule has 1 N–H and O–H groups in total. The summed E-state index contributed by atoms with van der Waals surface area (Å²) in [7, 11) is 0. The number of urea groups is 1. The molecule has 3 amide bonds. The smallest absolute Gasteiger partial charge is 0.370 e. The molecule has 2 atom stereocenters. The lowest BCUT2D eigenvalue weighted by Crippen LogP contribution is -2.52. The average molecular weight is 476 g/mol. The van der Waals surface area contributed by atoms with Crippen molar-refractivity contribution in [2.24, 2.45) is 5.10 Å². The summed E-state index contributed by atoms with van der Waals surface area (Å²) < 4.78 is 43.4. The number of rotatable bonds is 4. The summed E-state index contributed by atoms with van der Waals surface area (Å²) in [6.45, 7) is 4.40. The van der Waals surface area contributed by atoms with Crippen LogP contribution in [0, 0.1) is 6.92 Å². The third-order valence-electron chi connectivity index (χ3n) is 5.62. The van der Waals surface area contributed by atoms with Crippen LogP contribution < -0.4 is 5.32 Å². The lowest BCUT2D eigenvalue weighted by Gasteiger charge is -2.32. The Morgan fingerprint density at radius 1 is 1.21 bits per heavy atom. The summed E-state index contributed by atoms with van der Waals surface area (Å²) >= 11 is 0. The van der Waals surface area contributed by atoms with Crippen LogP contribution in [0.4, 0.5) is 18.0 Å². The van der Waals surface area contributed by atoms with E-state index in [-0.39, 0.29) is 24.8 Å². The Morgan fingerprint density at radius 2 is 1.94 bits per heavy atom. The summed E-state index contributed by atoms with van der Waals surface area (Å²) in [5.74, 6) is -0.188. The maximum Gasteiger partial charge on any atom is 0.434 e. The van der Waals surface area contributed by atoms with Crippen molar-refractivity contribution in [2.75, 3.05) is 26.3 Å². The molecule has 34 heavy (non-hydrogen) atoms. The Kier molecular flexibility index (Phi) is 6.51. The first-order valence-corrected chi connectivity index (χ1v) is 10.6. The number of alkyl halides is 3. The molecule has 2 aromatic rings. The average Bonchev–Trinajstić information content (AvgIpc) is 3.25. The van der Waals surface area contributed by atoms with Gasteiger partial charge < -0.3 is 15.0 Å². The van der Waals surface area contributed by atoms with Crippen LogP contribution in [-0.4, -0.2) is 69.9 Å². The van der Waals surface area contributed by atoms with E-state index in [4.69, 9.17) is 4.74 Å². The molecule has 0 bridgehead atoms. The van der Waals surface area contributed by atoms with Gasteiger partial charge in [-0.1, -0.05) is 29.8 Å². The number of morpholine rings is 1. The van der Waals surface area contributed by atoms with Crippen molar-refractivity contribution in [1.82, 2.24) is 25.2 Å². The molecule has 2 aliphatic heterocycles. The number of carbonyl (C=O) groups is 2. The first kappa shape index (κ1) is 23.6. The zero-order valence-corrected chi connectivity index (χ0v) is 18.5. The minimum Gasteiger partial charge on any atom is -0.370 e. The zero-order valence-electron chi connectivity index (χ0n) is 18.5. The molecule has 1 saturated heterocycles. The van der Waals surface area contributed by atoms with E-state index in [1.807, 2.05) is 31.2 Å². The molecule has 0 saturated carbocycles. The number of aromatic nitrogens is 2. The van der Waals surface area contributed by atoms with Crippen LogP contribution >= 0.6 is 0 Å². The quantitative estimate of drug-likeness (QED) is 0.731. The molecule has 0 spiro atoms. The van der Waals surface area contributed by atoms with Crippen LogP contribution in [0.1, 0.15) is 35.5 Å². The minimum absolute atomic E-state index is 0.0342. The molecule has 12 heteroatoms. The number of halogens is 3. The first-order chi connectivity index (χ1) is 16.1. The van der Waals surface area contributed by atoms with Crippen molar-refractivity contribution in [3.05, 3.63) is 59.2 Å². The molecule has 1 fully saturated rings. The summed E-state index contributed by atoms with van der Waals surface area (Å²) in [6.07, 6.45) is -2.99. The van der Waals surface area contributed by atoms with Gasteiger partial charge in [0.2, 0.25) is 5.91 Å². The standard InChI is InChI=1S/C22H23F3N6O3/c1-13-3-5-15(6-4-13)20-17(30-7-8-34-12-19(30)32)11-31(29-20)21(33)28-14(2)16-9-27-18(10-26-16)22(23,24)25/h3-6,9-10,14,17H,7-8,11-12H2,1-2H3,(H,28,33)/t14-,17?/m1/s1. The van der Waals surface area contributed by atoms with Crippen LogP contribution in [0.15, 0.2) is 41.8 Å². The second kappa shape index (κ2) is 9.37. The normalized spacial score (nSPS) is 19.7. The maximum absolute atomic E-state index is 12.9. The van der Waals surface area contributed by atoms with Gasteiger partial charge >= 0.3 is 12.2 Å². The Hall–Kier alpha value is -3.54. The summed E-state index contributed by atoms with van der Waals surface area (Å²) in [5, 5.41) is 8.39. The van der Waals surface area contributed by atoms with Crippen LogP contribution in [0.2, 0.25) is 0 Å². The van der Waals surface area contributed by atoms with E-state index in [2.05, 4.69) is 20.4 Å². The second-order valence-corrected chi connectivity index (χ2v) is 8.08. The number of hydrogen-bond acceptors (Lipinski definition) is 6. The van der Waals surface area contributed by atoms with E-state index in [0.717, 1.165) is 17.3 Å². The molecule has 4 rings (SSSR count). The number of hydrazone groups is 1. The fraction of sp³-hybridized carbons (Fsp3) is 0.409. The number of carbonyl (C=O) groups excluding carboxylic acids is 2. The lowest BCUT2D eigenvalue weighted by atomic mass is 10.0. The number of hydrogen-bond donors (Lipinski definition) is 1. The van der Waals surface area contributed by atoms with Crippen molar-refractivity contribution in [3.8, 4) is 0 Å². The van der Waals surface area contributed by atoms with Crippen LogP contribution in [0.5, 0.6) is 0 Å². The third-order valence-corrected chi connectivity index (χ3v) is 5.62. The van der Waals surface area contributed by atoms with Crippen molar-refractivity contribution in [2.45, 2.75) is 32.1 Å². The molecular formula is C22H23F3N6O3. The highest BCUT2D eigenvalue weighted by molar-refractivity contribution is 6.08. The van der Waals surface area contributed by atoms with Crippen molar-refractivity contribution >= 4 is 17.6 Å². The predicted octanol–water partition coefficient (Wildman–Crippen LogP) is 2.52. The fourth-order valence-electron chi connectivity index (χ4n) is 3.74. The fourth-order valence-corrected chi connectivity index (χ4v) is 3.74. The summed E-state index contributed by atoms with van der Waals surface area (Å²) in [5.41, 5.74) is 1.48. The molecule has 1 unspecified atom stereocenters. The van der Waals surface area contributed by atoms with Gasteiger partial charge in [-0.2, -0.15) is 18.3 Å². The molecule has 0 radical (unpaired) electrons. The Bertz CT molecular complexity index is 1090. The number of nitrogens with zero attached hydrogens (tertiary/aromatic N) is 5. The Labute approximate surface area is 193 Å². The van der Waals surface area contributed by atoms with Gasteiger partial charge in [-0.3, -0.25) is 9.78 Å². The Morgan fingerprint density at radius 3 is 2.56 bits per heavy atom. The highest BCUT2D eigenvalue weighted by Crippen LogP contribution is 2.27. The van der Waals surface area contributed by atoms with E-state index in [9.17, 15) is 22.8 Å². The molecule has 1 aromatic heterocycles. The lowest BCUT2D eigenvalue weighted by molar-refractivity contribution is -0.144. The molecule has 180 valence electrons. The number of nitrogens with one attached hydrogen (secondary N) is 1. The van der Waals surface area contributed by atoms with Gasteiger partial charge in [0.05, 0.1) is 49.0 Å². The Balaban J connectivity index is 1.52. The first-order valence-electron chi connectivity index (χ1n) is 10.6. The number of ether oxygens (including phenoxy) is 1. The van der Waals surface area contributed by atoms with E-state index in [1.54, 1.807) is 11.8 Å². The molecule has 2 aliphatic rings. The van der Waals surface area contributed by atoms with E-state index in [1.165, 1.54) is 5.01 Å². The van der Waals surface area contributed by atoms with Crippen molar-refractivity contribution in [1.29, 1.82) is 0 Å². The number of amides is 3. The predicted molar refractivity (Wildman–Crippen MR) is 115 cm³/mol. The van der Waals surface area contributed by atoms with Gasteiger partial charge in [0.25, 0.3) is 0 Å². The zero-order chi connectivity index (χ0) is 24.5. The van der Waals surface area contributed by atoms with E-state index < -0.39 is 30.0 Å². The van der Waals surface area contributed by atoms with Gasteiger partial charge in [0, 0.05) is 6.54 Å². The van der Waals surface area contributed by atoms with Gasteiger partial charge in [0.15, 0.2) is 5.69 Å². The van der Waals surface area contributed by atoms with Crippen LogP contribution in [-0.2, 0) is 15.7 Å². The topological polar surface area (TPSA) is 100 Å². The molecular weight excluding hydrogens is 453 g/mol. The van der Waals surface area contributed by atoms with Crippen molar-refractivity contribution in [3.63, 3.8) is 0 Å². The third kappa shape index (κ3) is 5.01. The second-order valence-electron chi connectivity index (χ2n) is 8.08. The van der Waals surface area contributed by atoms with Crippen LogP contribution in [0.25, 0.3) is 0 Å². The van der Waals surface area contributed by atoms with Crippen LogP contribution in [0.3, 0.4) is 0 Å². The maximum atomic E-state index is 12.9. The monoisotopic (exact) mass is 476 g/mol. The van der Waals surface area contributed by atoms with E-state index >= 15 is 0 Å². The van der Waals surface area contributed by atoms with Gasteiger partial charge in [-0.05, 0) is 19.4 Å². The number of aryl methyl sites for hydroxylation is 1. The van der Waals surface area contributed by atoms with Gasteiger partial charge in [0.1, 0.15) is 6.61 Å². The molecule has 9 nitrogen and oxygen atoms in total.